The fourth-order valence-electron chi connectivity index (χ4n) is 2.90. The van der Waals surface area contributed by atoms with Crippen LogP contribution in [0, 0.1) is 11.3 Å². The van der Waals surface area contributed by atoms with Gasteiger partial charge in [0.1, 0.15) is 0 Å². The largest absolute Gasteiger partial charge is 0.339 e. The maximum Gasteiger partial charge on any atom is 0.261 e. The second kappa shape index (κ2) is 7.58. The van der Waals surface area contributed by atoms with Crippen LogP contribution in [0.5, 0.6) is 0 Å². The standard InChI is InChI=1S/C19H19N3O3S/c20-14-15-7-9-17(10-8-15)21-26(24,25)18-6-4-5-16(13-18)19(23)22-11-2-1-3-12-22/h4-10,13,21H,1-3,11-12H2. The highest BCUT2D eigenvalue weighted by atomic mass is 32.2. The van der Waals surface area contributed by atoms with E-state index in [4.69, 9.17) is 5.26 Å². The fraction of sp³-hybridized carbons (Fsp3) is 0.263. The first-order valence-electron chi connectivity index (χ1n) is 8.42. The number of amides is 1. The molecule has 1 aliphatic rings. The molecule has 0 saturated carbocycles. The minimum absolute atomic E-state index is 0.0321. The number of nitrogens with one attached hydrogen (secondary N) is 1. The minimum atomic E-state index is -3.82. The van der Waals surface area contributed by atoms with Crippen LogP contribution >= 0.6 is 0 Å². The van der Waals surface area contributed by atoms with Crippen molar-refractivity contribution in [1.82, 2.24) is 4.90 Å². The Kier molecular flexibility index (Phi) is 5.24. The molecule has 1 saturated heterocycles. The molecular weight excluding hydrogens is 350 g/mol. The molecule has 134 valence electrons. The minimum Gasteiger partial charge on any atom is -0.339 e. The lowest BCUT2D eigenvalue weighted by Crippen LogP contribution is -2.35. The molecule has 1 fully saturated rings. The van der Waals surface area contributed by atoms with Crippen molar-refractivity contribution in [3.63, 3.8) is 0 Å². The van der Waals surface area contributed by atoms with Gasteiger partial charge in [0.25, 0.3) is 15.9 Å². The topological polar surface area (TPSA) is 90.3 Å². The maximum absolute atomic E-state index is 12.6. The molecule has 26 heavy (non-hydrogen) atoms. The van der Waals surface area contributed by atoms with Crippen LogP contribution in [0.3, 0.4) is 0 Å². The van der Waals surface area contributed by atoms with E-state index in [1.165, 1.54) is 36.4 Å². The molecule has 0 aromatic heterocycles. The summed E-state index contributed by atoms with van der Waals surface area (Å²) in [6, 6.07) is 14.2. The number of anilines is 1. The summed E-state index contributed by atoms with van der Waals surface area (Å²) in [5.41, 5.74) is 1.17. The smallest absolute Gasteiger partial charge is 0.261 e. The lowest BCUT2D eigenvalue weighted by molar-refractivity contribution is 0.0724. The lowest BCUT2D eigenvalue weighted by Gasteiger charge is -2.26. The van der Waals surface area contributed by atoms with Gasteiger partial charge in [0.05, 0.1) is 16.5 Å². The first-order chi connectivity index (χ1) is 12.5. The number of rotatable bonds is 4. The van der Waals surface area contributed by atoms with Crippen molar-refractivity contribution < 1.29 is 13.2 Å². The van der Waals surface area contributed by atoms with Gasteiger partial charge in [-0.3, -0.25) is 9.52 Å². The average molecular weight is 369 g/mol. The highest BCUT2D eigenvalue weighted by molar-refractivity contribution is 7.92. The van der Waals surface area contributed by atoms with Gasteiger partial charge in [-0.05, 0) is 61.7 Å². The quantitative estimate of drug-likeness (QED) is 0.897. The van der Waals surface area contributed by atoms with E-state index in [0.29, 0.717) is 29.9 Å². The van der Waals surface area contributed by atoms with E-state index < -0.39 is 10.0 Å². The molecule has 0 unspecified atom stereocenters. The molecule has 0 spiro atoms. The molecule has 2 aromatic carbocycles. The molecular formula is C19H19N3O3S. The summed E-state index contributed by atoms with van der Waals surface area (Å²) >= 11 is 0. The Hall–Kier alpha value is -2.85. The molecule has 6 nitrogen and oxygen atoms in total. The van der Waals surface area contributed by atoms with Crippen molar-refractivity contribution in [2.75, 3.05) is 17.8 Å². The Balaban J connectivity index is 1.81. The van der Waals surface area contributed by atoms with Crippen LogP contribution in [0.25, 0.3) is 0 Å². The summed E-state index contributed by atoms with van der Waals surface area (Å²) in [5, 5.41) is 8.80. The Bertz CT molecular complexity index is 941. The van der Waals surface area contributed by atoms with Crippen molar-refractivity contribution in [3.8, 4) is 6.07 Å². The SMILES string of the molecule is N#Cc1ccc(NS(=O)(=O)c2cccc(C(=O)N3CCCCC3)c2)cc1. The monoisotopic (exact) mass is 369 g/mol. The van der Waals surface area contributed by atoms with Crippen molar-refractivity contribution in [1.29, 1.82) is 5.26 Å². The van der Waals surface area contributed by atoms with Crippen molar-refractivity contribution in [3.05, 3.63) is 59.7 Å². The van der Waals surface area contributed by atoms with Gasteiger partial charge in [0.2, 0.25) is 0 Å². The Morgan fingerprint density at radius 2 is 1.73 bits per heavy atom. The van der Waals surface area contributed by atoms with E-state index in [9.17, 15) is 13.2 Å². The summed E-state index contributed by atoms with van der Waals surface area (Å²) in [6.45, 7) is 1.42. The number of piperidine rings is 1. The van der Waals surface area contributed by atoms with E-state index in [-0.39, 0.29) is 10.8 Å². The zero-order valence-electron chi connectivity index (χ0n) is 14.2. The molecule has 0 radical (unpaired) electrons. The third kappa shape index (κ3) is 4.03. The number of hydrogen-bond donors (Lipinski definition) is 1. The van der Waals surface area contributed by atoms with Gasteiger partial charge in [-0.25, -0.2) is 8.42 Å². The number of sulfonamides is 1. The van der Waals surface area contributed by atoms with Gasteiger partial charge in [-0.15, -0.1) is 0 Å². The maximum atomic E-state index is 12.6. The molecule has 0 atom stereocenters. The third-order valence-corrected chi connectivity index (χ3v) is 5.68. The molecule has 1 aliphatic heterocycles. The first kappa shape index (κ1) is 18.0. The number of nitriles is 1. The molecule has 2 aromatic rings. The number of hydrogen-bond acceptors (Lipinski definition) is 4. The van der Waals surface area contributed by atoms with Crippen LogP contribution in [0.15, 0.2) is 53.4 Å². The zero-order chi connectivity index (χ0) is 18.6. The zero-order valence-corrected chi connectivity index (χ0v) is 15.0. The van der Waals surface area contributed by atoms with Gasteiger partial charge < -0.3 is 4.90 Å². The molecule has 0 aliphatic carbocycles. The summed E-state index contributed by atoms with van der Waals surface area (Å²) in [7, 11) is -3.82. The number of carbonyl (C=O) groups is 1. The van der Waals surface area contributed by atoms with Gasteiger partial charge >= 0.3 is 0 Å². The van der Waals surface area contributed by atoms with Gasteiger partial charge in [0.15, 0.2) is 0 Å². The third-order valence-electron chi connectivity index (χ3n) is 4.30. The summed E-state index contributed by atoms with van der Waals surface area (Å²) in [4.78, 5) is 14.4. The fourth-order valence-corrected chi connectivity index (χ4v) is 4.01. The number of carbonyl (C=O) groups excluding carboxylic acids is 1. The van der Waals surface area contributed by atoms with Crippen LogP contribution in [-0.2, 0) is 10.0 Å². The van der Waals surface area contributed by atoms with E-state index in [2.05, 4.69) is 4.72 Å². The predicted octanol–water partition coefficient (Wildman–Crippen LogP) is 2.99. The normalized spacial score (nSPS) is 14.5. The predicted molar refractivity (Wildman–Crippen MR) is 98.2 cm³/mol. The summed E-state index contributed by atoms with van der Waals surface area (Å²) < 4.78 is 27.7. The summed E-state index contributed by atoms with van der Waals surface area (Å²) in [6.07, 6.45) is 3.07. The number of benzene rings is 2. The number of nitrogens with zero attached hydrogens (tertiary/aromatic N) is 2. The van der Waals surface area contributed by atoms with E-state index in [1.807, 2.05) is 6.07 Å². The summed E-state index contributed by atoms with van der Waals surface area (Å²) in [5.74, 6) is -0.139. The van der Waals surface area contributed by atoms with E-state index in [0.717, 1.165) is 19.3 Å². The molecule has 1 N–H and O–H groups in total. The van der Waals surface area contributed by atoms with Crippen LogP contribution in [0.4, 0.5) is 5.69 Å². The Labute approximate surface area is 153 Å². The van der Waals surface area contributed by atoms with E-state index >= 15 is 0 Å². The molecule has 3 rings (SSSR count). The second-order valence-corrected chi connectivity index (χ2v) is 7.86. The van der Waals surface area contributed by atoms with Crippen molar-refractivity contribution in [2.24, 2.45) is 0 Å². The molecule has 1 amide bonds. The van der Waals surface area contributed by atoms with Gasteiger partial charge in [0, 0.05) is 24.3 Å². The van der Waals surface area contributed by atoms with Crippen LogP contribution in [0.1, 0.15) is 35.2 Å². The Morgan fingerprint density at radius 1 is 1.04 bits per heavy atom. The Morgan fingerprint density at radius 3 is 2.38 bits per heavy atom. The highest BCUT2D eigenvalue weighted by Crippen LogP contribution is 2.19. The molecule has 7 heteroatoms. The van der Waals surface area contributed by atoms with Gasteiger partial charge in [-0.1, -0.05) is 6.07 Å². The lowest BCUT2D eigenvalue weighted by atomic mass is 10.1. The first-order valence-corrected chi connectivity index (χ1v) is 9.90. The van der Waals surface area contributed by atoms with Crippen molar-refractivity contribution in [2.45, 2.75) is 24.2 Å². The van der Waals surface area contributed by atoms with Crippen LogP contribution < -0.4 is 4.72 Å². The molecule has 0 bridgehead atoms. The second-order valence-electron chi connectivity index (χ2n) is 6.18. The average Bonchev–Trinajstić information content (AvgIpc) is 2.68. The van der Waals surface area contributed by atoms with Gasteiger partial charge in [-0.2, -0.15) is 5.26 Å². The van der Waals surface area contributed by atoms with Crippen molar-refractivity contribution >= 4 is 21.6 Å². The number of likely N-dealkylation sites (tertiary alicyclic amines) is 1. The van der Waals surface area contributed by atoms with E-state index in [1.54, 1.807) is 17.0 Å². The highest BCUT2D eigenvalue weighted by Gasteiger charge is 2.21. The molecule has 1 heterocycles. The van der Waals surface area contributed by atoms with Crippen LogP contribution in [-0.4, -0.2) is 32.3 Å². The van der Waals surface area contributed by atoms with Crippen LogP contribution in [0.2, 0.25) is 0 Å².